The molecule has 1 aromatic carbocycles. The van der Waals surface area contributed by atoms with Crippen LogP contribution in [0.3, 0.4) is 0 Å². The van der Waals surface area contributed by atoms with Gasteiger partial charge < -0.3 is 0 Å². The van der Waals surface area contributed by atoms with Gasteiger partial charge in [0.25, 0.3) is 5.91 Å². The smallest absolute Gasteiger partial charge is 0.271 e. The van der Waals surface area contributed by atoms with Gasteiger partial charge in [-0.3, -0.25) is 4.79 Å². The Morgan fingerprint density at radius 2 is 1.81 bits per heavy atom. The summed E-state index contributed by atoms with van der Waals surface area (Å²) in [4.78, 5) is 34.8. The van der Waals surface area contributed by atoms with E-state index in [2.05, 4.69) is 5.29 Å². The van der Waals surface area contributed by atoms with Crippen LogP contribution in [0.2, 0.25) is 0 Å². The third-order valence-corrected chi connectivity index (χ3v) is 2.43. The van der Waals surface area contributed by atoms with Crippen molar-refractivity contribution in [2.45, 2.75) is 13.0 Å². The van der Waals surface area contributed by atoms with Crippen molar-refractivity contribution in [3.63, 3.8) is 0 Å². The molecule has 6 nitrogen and oxygen atoms in total. The summed E-state index contributed by atoms with van der Waals surface area (Å²) < 4.78 is 0. The van der Waals surface area contributed by atoms with Gasteiger partial charge in [0.15, 0.2) is 0 Å². The Balaban J connectivity index is 2.40. The van der Waals surface area contributed by atoms with Crippen LogP contribution in [0.15, 0.2) is 35.6 Å². The van der Waals surface area contributed by atoms with E-state index in [4.69, 9.17) is 0 Å². The Morgan fingerprint density at radius 1 is 1.19 bits per heavy atom. The second kappa shape index (κ2) is 3.73. The van der Waals surface area contributed by atoms with Crippen molar-refractivity contribution in [2.24, 2.45) is 5.29 Å². The molecule has 1 aromatic rings. The third kappa shape index (κ3) is 1.35. The van der Waals surface area contributed by atoms with Crippen LogP contribution in [0.1, 0.15) is 6.92 Å². The Hall–Kier alpha value is -2.24. The van der Waals surface area contributed by atoms with Crippen molar-refractivity contribution in [2.75, 3.05) is 4.90 Å². The Kier molecular flexibility index (Phi) is 2.40. The van der Waals surface area contributed by atoms with Crippen molar-refractivity contribution in [3.05, 3.63) is 35.2 Å². The molecule has 0 aliphatic carbocycles. The van der Waals surface area contributed by atoms with Gasteiger partial charge in [-0.05, 0) is 19.1 Å². The van der Waals surface area contributed by atoms with Crippen molar-refractivity contribution >= 4 is 17.6 Å². The number of nitrogens with zero attached hydrogens (tertiary/aromatic N) is 3. The fourth-order valence-electron chi connectivity index (χ4n) is 1.57. The molecule has 0 aromatic heterocycles. The molecular formula is C10H9N3O3. The highest BCUT2D eigenvalue weighted by atomic mass is 16.3. The quantitative estimate of drug-likeness (QED) is 0.559. The normalized spacial score (nSPS) is 20.4. The molecule has 0 radical (unpaired) electrons. The lowest BCUT2D eigenvalue weighted by molar-refractivity contribution is -0.119. The summed E-state index contributed by atoms with van der Waals surface area (Å²) in [6.07, 6.45) is 0. The molecule has 3 amide bonds. The molecular weight excluding hydrogens is 210 g/mol. The molecule has 16 heavy (non-hydrogen) atoms. The molecule has 0 bridgehead atoms. The molecule has 0 saturated carbocycles. The zero-order valence-corrected chi connectivity index (χ0v) is 8.53. The van der Waals surface area contributed by atoms with E-state index in [1.165, 1.54) is 6.92 Å². The topological polar surface area (TPSA) is 70.1 Å². The molecule has 1 atom stereocenters. The second-order valence-electron chi connectivity index (χ2n) is 3.39. The summed E-state index contributed by atoms with van der Waals surface area (Å²) in [5.41, 5.74) is 0.440. The maximum absolute atomic E-state index is 11.8. The Bertz CT molecular complexity index is 446. The van der Waals surface area contributed by atoms with Gasteiger partial charge in [0.1, 0.15) is 6.04 Å². The largest absolute Gasteiger partial charge is 0.355 e. The predicted octanol–water partition coefficient (Wildman–Crippen LogP) is 1.53. The number of anilines is 1. The summed E-state index contributed by atoms with van der Waals surface area (Å²) in [5, 5.41) is 3.18. The number of carbonyl (C=O) groups excluding carboxylic acids is 2. The zero-order valence-electron chi connectivity index (χ0n) is 8.53. The lowest BCUT2D eigenvalue weighted by Crippen LogP contribution is -2.30. The highest BCUT2D eigenvalue weighted by molar-refractivity contribution is 6.20. The first-order chi connectivity index (χ1) is 7.66. The molecule has 0 unspecified atom stereocenters. The van der Waals surface area contributed by atoms with E-state index in [0.717, 1.165) is 4.90 Å². The fraction of sp³-hybridized carbons (Fsp3) is 0.200. The SMILES string of the molecule is C[C@H]1C(=O)N(c2ccccc2)C(=O)N1N=O. The number of hydrogen-bond acceptors (Lipinski definition) is 4. The molecule has 2 rings (SSSR count). The summed E-state index contributed by atoms with van der Waals surface area (Å²) in [7, 11) is 0. The van der Waals surface area contributed by atoms with E-state index in [9.17, 15) is 14.5 Å². The molecule has 1 fully saturated rings. The number of benzene rings is 1. The minimum absolute atomic E-state index is 0.440. The van der Waals surface area contributed by atoms with Gasteiger partial charge in [-0.15, -0.1) is 4.91 Å². The van der Waals surface area contributed by atoms with Crippen molar-refractivity contribution in [1.29, 1.82) is 0 Å². The molecule has 82 valence electrons. The van der Waals surface area contributed by atoms with Crippen LogP contribution >= 0.6 is 0 Å². The molecule has 6 heteroatoms. The summed E-state index contributed by atoms with van der Waals surface area (Å²) in [6, 6.07) is 6.88. The minimum atomic E-state index is -0.842. The van der Waals surface area contributed by atoms with Crippen LogP contribution in [-0.2, 0) is 4.79 Å². The van der Waals surface area contributed by atoms with Crippen molar-refractivity contribution < 1.29 is 9.59 Å². The maximum atomic E-state index is 11.8. The third-order valence-electron chi connectivity index (χ3n) is 2.43. The fourth-order valence-corrected chi connectivity index (χ4v) is 1.57. The van der Waals surface area contributed by atoms with E-state index < -0.39 is 18.0 Å². The van der Waals surface area contributed by atoms with E-state index in [1.54, 1.807) is 30.3 Å². The minimum Gasteiger partial charge on any atom is -0.271 e. The molecule has 1 saturated heterocycles. The van der Waals surface area contributed by atoms with Crippen LogP contribution < -0.4 is 4.90 Å². The first kappa shape index (κ1) is 10.3. The molecule has 1 aliphatic heterocycles. The number of rotatable bonds is 2. The molecule has 0 N–H and O–H groups in total. The first-order valence-corrected chi connectivity index (χ1v) is 4.72. The van der Waals surface area contributed by atoms with Crippen LogP contribution in [0, 0.1) is 4.91 Å². The van der Waals surface area contributed by atoms with Crippen LogP contribution in [-0.4, -0.2) is 23.0 Å². The molecule has 1 heterocycles. The maximum Gasteiger partial charge on any atom is 0.355 e. The highest BCUT2D eigenvalue weighted by Gasteiger charge is 2.44. The van der Waals surface area contributed by atoms with Gasteiger partial charge in [-0.1, -0.05) is 18.2 Å². The van der Waals surface area contributed by atoms with E-state index >= 15 is 0 Å². The number of urea groups is 1. The summed E-state index contributed by atoms with van der Waals surface area (Å²) in [5.74, 6) is -0.448. The van der Waals surface area contributed by atoms with E-state index in [0.29, 0.717) is 10.7 Å². The number of hydrogen-bond donors (Lipinski definition) is 0. The lowest BCUT2D eigenvalue weighted by atomic mass is 10.3. The molecule has 0 spiro atoms. The number of amides is 3. The Morgan fingerprint density at radius 3 is 2.31 bits per heavy atom. The van der Waals surface area contributed by atoms with Gasteiger partial charge in [0.05, 0.1) is 11.0 Å². The van der Waals surface area contributed by atoms with Crippen LogP contribution in [0.5, 0.6) is 0 Å². The predicted molar refractivity (Wildman–Crippen MR) is 56.4 cm³/mol. The lowest BCUT2D eigenvalue weighted by Gasteiger charge is -2.11. The van der Waals surface area contributed by atoms with Gasteiger partial charge in [-0.2, -0.15) is 5.01 Å². The van der Waals surface area contributed by atoms with E-state index in [-0.39, 0.29) is 0 Å². The summed E-state index contributed by atoms with van der Waals surface area (Å²) in [6.45, 7) is 1.46. The average molecular weight is 219 g/mol. The Labute approximate surface area is 91.4 Å². The summed E-state index contributed by atoms with van der Waals surface area (Å²) >= 11 is 0. The van der Waals surface area contributed by atoms with Crippen LogP contribution in [0.25, 0.3) is 0 Å². The van der Waals surface area contributed by atoms with E-state index in [1.807, 2.05) is 0 Å². The first-order valence-electron chi connectivity index (χ1n) is 4.72. The van der Waals surface area contributed by atoms with Gasteiger partial charge in [0.2, 0.25) is 0 Å². The number of para-hydroxylation sites is 1. The molecule has 1 aliphatic rings. The average Bonchev–Trinajstić information content (AvgIpc) is 2.51. The van der Waals surface area contributed by atoms with Gasteiger partial charge in [-0.25, -0.2) is 9.69 Å². The number of imide groups is 1. The highest BCUT2D eigenvalue weighted by Crippen LogP contribution is 2.24. The van der Waals surface area contributed by atoms with Crippen molar-refractivity contribution in [1.82, 2.24) is 5.01 Å². The van der Waals surface area contributed by atoms with Gasteiger partial charge in [0, 0.05) is 0 Å². The monoisotopic (exact) mass is 219 g/mol. The van der Waals surface area contributed by atoms with Crippen molar-refractivity contribution in [3.8, 4) is 0 Å². The second-order valence-corrected chi connectivity index (χ2v) is 3.39. The van der Waals surface area contributed by atoms with Crippen LogP contribution in [0.4, 0.5) is 10.5 Å². The number of nitroso groups, excluding NO2 is 1. The van der Waals surface area contributed by atoms with Gasteiger partial charge >= 0.3 is 6.03 Å². The number of carbonyl (C=O) groups is 2. The standard InChI is InChI=1S/C10H9N3O3/c1-7-9(14)12(10(15)13(7)11-16)8-5-3-2-4-6-8/h2-7H,1H3/t7-/m0/s1. The zero-order chi connectivity index (χ0) is 11.7.